The van der Waals surface area contributed by atoms with Gasteiger partial charge in [0.25, 0.3) is 0 Å². The van der Waals surface area contributed by atoms with Crippen LogP contribution in [0.5, 0.6) is 6.01 Å². The molecule has 282 valence electrons. The van der Waals surface area contributed by atoms with Crippen molar-refractivity contribution in [3.8, 4) is 23.3 Å². The highest BCUT2D eigenvalue weighted by Crippen LogP contribution is 2.48. The number of nitrogens with zero attached hydrogens (tertiary/aromatic N) is 7. The number of aromatic nitrogens is 3. The van der Waals surface area contributed by atoms with Crippen LogP contribution in [0.25, 0.3) is 32.2 Å². The Kier molecular flexibility index (Phi) is 9.50. The van der Waals surface area contributed by atoms with Crippen LogP contribution in [0.1, 0.15) is 48.8 Å². The fourth-order valence-electron chi connectivity index (χ4n) is 8.74. The molecule has 0 radical (unpaired) electrons. The van der Waals surface area contributed by atoms with Gasteiger partial charge in [-0.05, 0) is 49.8 Å². The summed E-state index contributed by atoms with van der Waals surface area (Å²) in [5, 5.41) is 10.5. The lowest BCUT2D eigenvalue weighted by Crippen LogP contribution is -2.55. The van der Waals surface area contributed by atoms with Crippen LogP contribution in [0.2, 0.25) is 0 Å². The molecule has 1 aromatic carbocycles. The van der Waals surface area contributed by atoms with Crippen molar-refractivity contribution in [2.24, 2.45) is 0 Å². The number of hydrogen-bond acceptors (Lipinski definition) is 12. The second-order valence-electron chi connectivity index (χ2n) is 14.0. The summed E-state index contributed by atoms with van der Waals surface area (Å²) in [5.41, 5.74) is 7.20. The molecule has 4 saturated heterocycles. The molecule has 2 bridgehead atoms. The number of nitrogen functional groups attached to an aromatic ring is 1. The van der Waals surface area contributed by atoms with Gasteiger partial charge in [-0.25, -0.2) is 13.2 Å². The van der Waals surface area contributed by atoms with Gasteiger partial charge in [0.1, 0.15) is 28.6 Å². The number of alkyl halides is 4. The monoisotopic (exact) mass is 762 g/mol. The van der Waals surface area contributed by atoms with Crippen molar-refractivity contribution in [1.82, 2.24) is 24.8 Å². The van der Waals surface area contributed by atoms with Gasteiger partial charge in [0.15, 0.2) is 11.6 Å². The molecule has 0 saturated carbocycles. The van der Waals surface area contributed by atoms with Crippen LogP contribution in [-0.2, 0) is 22.7 Å². The number of nitriles is 1. The molecule has 4 unspecified atom stereocenters. The Labute approximate surface area is 304 Å². The van der Waals surface area contributed by atoms with Gasteiger partial charge in [0, 0.05) is 55.3 Å². The maximum absolute atomic E-state index is 16.9. The van der Waals surface area contributed by atoms with Gasteiger partial charge in [0.2, 0.25) is 0 Å². The van der Waals surface area contributed by atoms with Crippen LogP contribution in [0, 0.1) is 23.0 Å². The average molecular weight is 763 g/mol. The van der Waals surface area contributed by atoms with E-state index in [2.05, 4.69) is 29.5 Å². The largest absolute Gasteiger partial charge is 0.522 e. The Morgan fingerprint density at radius 1 is 1.06 bits per heavy atom. The number of benzene rings is 1. The fraction of sp³-hybridized carbons (Fsp3) is 0.543. The van der Waals surface area contributed by atoms with Gasteiger partial charge in [-0.3, -0.25) is 19.5 Å². The molecule has 4 aromatic rings. The summed E-state index contributed by atoms with van der Waals surface area (Å²) in [6, 6.07) is 2.32. The lowest BCUT2D eigenvalue weighted by molar-refractivity contribution is -0.325. The Morgan fingerprint density at radius 3 is 2.51 bits per heavy atom. The molecule has 0 spiro atoms. The van der Waals surface area contributed by atoms with Gasteiger partial charge in [-0.1, -0.05) is 0 Å². The summed E-state index contributed by atoms with van der Waals surface area (Å²) in [4.78, 5) is 19.6. The molecule has 0 amide bonds. The van der Waals surface area contributed by atoms with Crippen LogP contribution < -0.4 is 15.4 Å². The summed E-state index contributed by atoms with van der Waals surface area (Å²) in [7, 11) is 1.37. The predicted molar refractivity (Wildman–Crippen MR) is 184 cm³/mol. The Balaban J connectivity index is 0.000000386. The molecule has 4 atom stereocenters. The molecule has 2 N–H and O–H groups in total. The maximum atomic E-state index is 16.9. The highest BCUT2D eigenvalue weighted by Gasteiger charge is 2.43. The third-order valence-corrected chi connectivity index (χ3v) is 11.9. The Morgan fingerprint density at radius 2 is 1.81 bits per heavy atom. The van der Waals surface area contributed by atoms with E-state index in [-0.39, 0.29) is 75.3 Å². The zero-order chi connectivity index (χ0) is 37.2. The van der Waals surface area contributed by atoms with E-state index >= 15 is 4.39 Å². The van der Waals surface area contributed by atoms with Crippen molar-refractivity contribution in [3.05, 3.63) is 34.5 Å². The molecule has 8 heterocycles. The lowest BCUT2D eigenvalue weighted by Gasteiger charge is -2.42. The number of hydrogen-bond donors (Lipinski definition) is 1. The number of halogens is 6. The van der Waals surface area contributed by atoms with Gasteiger partial charge in [0.05, 0.1) is 54.5 Å². The van der Waals surface area contributed by atoms with E-state index in [1.54, 1.807) is 0 Å². The number of nitrogens with two attached hydrogens (primary N) is 1. The van der Waals surface area contributed by atoms with Crippen molar-refractivity contribution in [2.45, 2.75) is 76.0 Å². The number of pyridine rings is 1. The number of likely N-dealkylation sites (tertiary alicyclic amines) is 1. The molecule has 3 aromatic heterocycles. The van der Waals surface area contributed by atoms with Crippen molar-refractivity contribution in [3.63, 3.8) is 0 Å². The van der Waals surface area contributed by atoms with Crippen molar-refractivity contribution in [2.75, 3.05) is 57.1 Å². The fourth-order valence-corrected chi connectivity index (χ4v) is 9.66. The molecule has 9 rings (SSSR count). The van der Waals surface area contributed by atoms with E-state index < -0.39 is 30.8 Å². The third kappa shape index (κ3) is 6.49. The van der Waals surface area contributed by atoms with E-state index in [1.807, 2.05) is 11.0 Å². The third-order valence-electron chi connectivity index (χ3n) is 10.9. The van der Waals surface area contributed by atoms with Crippen molar-refractivity contribution < 1.29 is 40.6 Å². The van der Waals surface area contributed by atoms with Gasteiger partial charge >= 0.3 is 12.4 Å². The minimum atomic E-state index is -4.69. The van der Waals surface area contributed by atoms with E-state index in [1.165, 1.54) is 20.0 Å². The zero-order valence-corrected chi connectivity index (χ0v) is 29.5. The molecule has 0 aliphatic carbocycles. The smallest absolute Gasteiger partial charge is 0.467 e. The van der Waals surface area contributed by atoms with Crippen LogP contribution in [0.3, 0.4) is 0 Å². The summed E-state index contributed by atoms with van der Waals surface area (Å²) >= 11 is 0.889. The summed E-state index contributed by atoms with van der Waals surface area (Å²) in [6.45, 7) is 2.59. The SMILES string of the molecule is COc1nc(N2C3CCC2CN(CCOC(F)(F)F)C3)c2c3c(c(-c4ncc(F)c5sc(N)c(C#N)c45)c(F)c2n1)COC3.FC1CC2CCCN2C1. The minimum Gasteiger partial charge on any atom is -0.467 e. The first-order chi connectivity index (χ1) is 25.5. The summed E-state index contributed by atoms with van der Waals surface area (Å²) in [5.74, 6) is -0.982. The molecular formula is C35H36F6N8O3S. The first-order valence-corrected chi connectivity index (χ1v) is 18.3. The second-order valence-corrected chi connectivity index (χ2v) is 15.0. The standard InChI is InChI=1S/C28H24F5N7O3S.C7H12FN/c1-41-27-37-23-20(26(38-27)40-12-2-3-13(40)9-39(8-12)4-5-43-28(31,32)33)16-11-42-10-15(16)18(21(23)30)22-19-14(6-34)25(35)44-24(19)17(29)7-36-22;8-6-4-7-2-1-3-9(7)5-6/h7,12-13H,2-5,8-11,35H2,1H3;6-7H,1-5H2. The number of thiophene rings is 1. The van der Waals surface area contributed by atoms with Crippen LogP contribution in [0.4, 0.5) is 37.2 Å². The van der Waals surface area contributed by atoms with E-state index in [0.29, 0.717) is 48.0 Å². The first-order valence-electron chi connectivity index (χ1n) is 17.5. The maximum Gasteiger partial charge on any atom is 0.522 e. The number of rotatable bonds is 6. The molecule has 18 heteroatoms. The van der Waals surface area contributed by atoms with E-state index in [4.69, 9.17) is 15.2 Å². The van der Waals surface area contributed by atoms with E-state index in [9.17, 15) is 27.2 Å². The summed E-state index contributed by atoms with van der Waals surface area (Å²) < 4.78 is 97.2. The van der Waals surface area contributed by atoms with E-state index in [0.717, 1.165) is 43.3 Å². The zero-order valence-electron chi connectivity index (χ0n) is 28.7. The lowest BCUT2D eigenvalue weighted by atomic mass is 9.93. The van der Waals surface area contributed by atoms with Gasteiger partial charge < -0.3 is 20.1 Å². The van der Waals surface area contributed by atoms with Gasteiger partial charge in [-0.15, -0.1) is 24.5 Å². The Hall–Kier alpha value is -4.02. The minimum absolute atomic E-state index is 0.00944. The molecule has 4 fully saturated rings. The second kappa shape index (κ2) is 14.0. The number of methoxy groups -OCH3 is 1. The van der Waals surface area contributed by atoms with Crippen LogP contribution >= 0.6 is 11.3 Å². The van der Waals surface area contributed by atoms with Crippen LogP contribution in [0.15, 0.2) is 6.20 Å². The quantitative estimate of drug-likeness (QED) is 0.231. The number of anilines is 2. The highest BCUT2D eigenvalue weighted by molar-refractivity contribution is 7.23. The normalized spacial score (nSPS) is 24.1. The first kappa shape index (κ1) is 36.0. The Bertz CT molecular complexity index is 2080. The summed E-state index contributed by atoms with van der Waals surface area (Å²) in [6.07, 6.45) is 0.631. The predicted octanol–water partition coefficient (Wildman–Crippen LogP) is 6.06. The van der Waals surface area contributed by atoms with Crippen molar-refractivity contribution in [1.29, 1.82) is 5.26 Å². The molecule has 53 heavy (non-hydrogen) atoms. The van der Waals surface area contributed by atoms with Crippen molar-refractivity contribution >= 4 is 43.1 Å². The number of piperazine rings is 1. The molecule has 11 nitrogen and oxygen atoms in total. The topological polar surface area (TPSA) is 126 Å². The molecule has 5 aliphatic rings. The highest BCUT2D eigenvalue weighted by atomic mass is 32.1. The average Bonchev–Trinajstić information content (AvgIpc) is 3.94. The number of fused-ring (bicyclic) bond motifs is 7. The number of ether oxygens (including phenoxy) is 3. The molecule has 5 aliphatic heterocycles. The van der Waals surface area contributed by atoms with Crippen LogP contribution in [-0.4, -0.2) is 102 Å². The molecular weight excluding hydrogens is 726 g/mol. The van der Waals surface area contributed by atoms with Gasteiger partial charge in [-0.2, -0.15) is 15.2 Å².